The van der Waals surface area contributed by atoms with Gasteiger partial charge in [0, 0.05) is 13.1 Å². The van der Waals surface area contributed by atoms with E-state index < -0.39 is 22.0 Å². The molecule has 0 aliphatic carbocycles. The second-order valence-corrected chi connectivity index (χ2v) is 9.34. The lowest BCUT2D eigenvalue weighted by atomic mass is 10.1. The number of aryl methyl sites for hydroxylation is 1. The van der Waals surface area contributed by atoms with Crippen LogP contribution in [0.4, 0.5) is 5.69 Å². The van der Waals surface area contributed by atoms with Crippen LogP contribution in [0.2, 0.25) is 0 Å². The summed E-state index contributed by atoms with van der Waals surface area (Å²) in [5.41, 5.74) is 2.16. The van der Waals surface area contributed by atoms with Crippen molar-refractivity contribution in [2.75, 3.05) is 23.7 Å². The number of amides is 2. The van der Waals surface area contributed by atoms with Crippen LogP contribution in [0.5, 0.6) is 0 Å². The van der Waals surface area contributed by atoms with Gasteiger partial charge in [0.15, 0.2) is 0 Å². The van der Waals surface area contributed by atoms with Crippen LogP contribution >= 0.6 is 0 Å². The van der Waals surface area contributed by atoms with Crippen molar-refractivity contribution >= 4 is 27.5 Å². The molecule has 31 heavy (non-hydrogen) atoms. The third kappa shape index (κ3) is 6.82. The molecule has 2 rings (SSSR count). The highest BCUT2D eigenvalue weighted by atomic mass is 32.2. The number of hydrogen-bond acceptors (Lipinski definition) is 4. The third-order valence-corrected chi connectivity index (χ3v) is 6.04. The number of hydrogen-bond donors (Lipinski definition) is 1. The molecule has 0 bridgehead atoms. The Hall–Kier alpha value is -2.87. The van der Waals surface area contributed by atoms with Gasteiger partial charge in [0.2, 0.25) is 21.8 Å². The fraction of sp³-hybridized carbons (Fsp3) is 0.391. The number of carbonyl (C=O) groups is 2. The van der Waals surface area contributed by atoms with Crippen LogP contribution in [0, 0.1) is 6.92 Å². The minimum Gasteiger partial charge on any atom is -0.355 e. The zero-order chi connectivity index (χ0) is 23.0. The molecular weight excluding hydrogens is 414 g/mol. The maximum Gasteiger partial charge on any atom is 0.244 e. The van der Waals surface area contributed by atoms with Gasteiger partial charge in [-0.3, -0.25) is 13.9 Å². The van der Waals surface area contributed by atoms with Crippen LogP contribution in [0.25, 0.3) is 0 Å². The van der Waals surface area contributed by atoms with Gasteiger partial charge in [-0.1, -0.05) is 49.4 Å². The number of nitrogens with one attached hydrogen (secondary N) is 1. The Balaban J connectivity index is 2.40. The van der Waals surface area contributed by atoms with Crippen LogP contribution in [0.1, 0.15) is 31.4 Å². The van der Waals surface area contributed by atoms with Crippen molar-refractivity contribution in [1.82, 2.24) is 10.2 Å². The van der Waals surface area contributed by atoms with Gasteiger partial charge in [0.05, 0.1) is 11.9 Å². The molecule has 0 aromatic heterocycles. The summed E-state index contributed by atoms with van der Waals surface area (Å²) in [6, 6.07) is 15.6. The Bertz CT molecular complexity index is 993. The Morgan fingerprint density at radius 2 is 1.71 bits per heavy atom. The lowest BCUT2D eigenvalue weighted by Gasteiger charge is -2.32. The highest BCUT2D eigenvalue weighted by Crippen LogP contribution is 2.20. The molecule has 0 heterocycles. The SMILES string of the molecule is CCNC(=O)C(CC)N(Cc1ccccc1)C(=O)CN(c1cccc(C)c1)S(C)(=O)=O. The maximum absolute atomic E-state index is 13.4. The van der Waals surface area contributed by atoms with Crippen molar-refractivity contribution in [2.24, 2.45) is 0 Å². The third-order valence-electron chi connectivity index (χ3n) is 4.90. The Labute approximate surface area is 185 Å². The number of anilines is 1. The van der Waals surface area contributed by atoms with Crippen molar-refractivity contribution in [1.29, 1.82) is 0 Å². The van der Waals surface area contributed by atoms with Gasteiger partial charge in [-0.05, 0) is 43.5 Å². The monoisotopic (exact) mass is 445 g/mol. The minimum atomic E-state index is -3.71. The molecule has 0 saturated heterocycles. The lowest BCUT2D eigenvalue weighted by molar-refractivity contribution is -0.140. The van der Waals surface area contributed by atoms with Crippen molar-refractivity contribution in [3.8, 4) is 0 Å². The summed E-state index contributed by atoms with van der Waals surface area (Å²) in [5, 5.41) is 2.78. The molecule has 1 unspecified atom stereocenters. The van der Waals surface area contributed by atoms with E-state index in [-0.39, 0.29) is 19.0 Å². The second-order valence-electron chi connectivity index (χ2n) is 7.43. The fourth-order valence-electron chi connectivity index (χ4n) is 3.39. The summed E-state index contributed by atoms with van der Waals surface area (Å²) in [6.45, 7) is 5.78. The first-order valence-electron chi connectivity index (χ1n) is 10.3. The van der Waals surface area contributed by atoms with Gasteiger partial charge in [-0.15, -0.1) is 0 Å². The molecule has 1 atom stereocenters. The molecule has 0 aliphatic heterocycles. The number of sulfonamides is 1. The topological polar surface area (TPSA) is 86.8 Å². The molecule has 0 aliphatic rings. The standard InChI is InChI=1S/C23H31N3O4S/c1-5-21(23(28)24-6-2)25(16-19-12-8-7-9-13-19)22(27)17-26(31(4,29)30)20-14-10-11-18(3)15-20/h7-15,21H,5-6,16-17H2,1-4H3,(H,24,28). The summed E-state index contributed by atoms with van der Waals surface area (Å²) < 4.78 is 26.1. The van der Waals surface area contributed by atoms with Crippen molar-refractivity contribution < 1.29 is 18.0 Å². The van der Waals surface area contributed by atoms with E-state index in [1.807, 2.05) is 57.2 Å². The van der Waals surface area contributed by atoms with Crippen LogP contribution in [-0.2, 0) is 26.2 Å². The first-order valence-corrected chi connectivity index (χ1v) is 12.2. The first kappa shape index (κ1) is 24.4. The van der Waals surface area contributed by atoms with E-state index in [0.29, 0.717) is 18.7 Å². The number of nitrogens with zero attached hydrogens (tertiary/aromatic N) is 2. The van der Waals surface area contributed by atoms with Gasteiger partial charge >= 0.3 is 0 Å². The molecule has 0 saturated carbocycles. The van der Waals surface area contributed by atoms with Crippen LogP contribution in [0.15, 0.2) is 54.6 Å². The van der Waals surface area contributed by atoms with E-state index in [1.165, 1.54) is 4.90 Å². The van der Waals surface area contributed by atoms with Gasteiger partial charge in [0.1, 0.15) is 12.6 Å². The Kier molecular flexibility index (Phi) is 8.62. The van der Waals surface area contributed by atoms with Crippen molar-refractivity contribution in [3.63, 3.8) is 0 Å². The van der Waals surface area contributed by atoms with Gasteiger partial charge < -0.3 is 10.2 Å². The largest absolute Gasteiger partial charge is 0.355 e. The summed E-state index contributed by atoms with van der Waals surface area (Å²) >= 11 is 0. The highest BCUT2D eigenvalue weighted by Gasteiger charge is 2.31. The van der Waals surface area contributed by atoms with Gasteiger partial charge in [-0.25, -0.2) is 8.42 Å². The summed E-state index contributed by atoms with van der Waals surface area (Å²) in [7, 11) is -3.71. The predicted octanol–water partition coefficient (Wildman–Crippen LogP) is 2.70. The van der Waals surface area contributed by atoms with E-state index in [2.05, 4.69) is 5.32 Å². The first-order chi connectivity index (χ1) is 14.7. The van der Waals surface area contributed by atoms with E-state index >= 15 is 0 Å². The molecule has 2 amide bonds. The Morgan fingerprint density at radius 1 is 1.03 bits per heavy atom. The van der Waals surface area contributed by atoms with Crippen LogP contribution < -0.4 is 9.62 Å². The molecule has 7 nitrogen and oxygen atoms in total. The molecule has 1 N–H and O–H groups in total. The molecule has 0 spiro atoms. The Morgan fingerprint density at radius 3 is 2.26 bits per heavy atom. The summed E-state index contributed by atoms with van der Waals surface area (Å²) in [5.74, 6) is -0.690. The zero-order valence-corrected chi connectivity index (χ0v) is 19.4. The molecule has 8 heteroatoms. The van der Waals surface area contributed by atoms with E-state index in [9.17, 15) is 18.0 Å². The average Bonchev–Trinajstić information content (AvgIpc) is 2.71. The van der Waals surface area contributed by atoms with Crippen LogP contribution in [0.3, 0.4) is 0 Å². The maximum atomic E-state index is 13.4. The minimum absolute atomic E-state index is 0.209. The fourth-order valence-corrected chi connectivity index (χ4v) is 4.23. The highest BCUT2D eigenvalue weighted by molar-refractivity contribution is 7.92. The molecule has 0 fully saturated rings. The van der Waals surface area contributed by atoms with E-state index in [4.69, 9.17) is 0 Å². The molecule has 2 aromatic carbocycles. The van der Waals surface area contributed by atoms with Crippen LogP contribution in [-0.4, -0.2) is 50.5 Å². The van der Waals surface area contributed by atoms with E-state index in [1.54, 1.807) is 18.2 Å². The van der Waals surface area contributed by atoms with E-state index in [0.717, 1.165) is 21.7 Å². The number of rotatable bonds is 10. The predicted molar refractivity (Wildman–Crippen MR) is 123 cm³/mol. The average molecular weight is 446 g/mol. The molecular formula is C23H31N3O4S. The second kappa shape index (κ2) is 10.9. The molecule has 2 aromatic rings. The lowest BCUT2D eigenvalue weighted by Crippen LogP contribution is -2.52. The number of likely N-dealkylation sites (N-methyl/N-ethyl adjacent to an activating group) is 1. The van der Waals surface area contributed by atoms with Crippen molar-refractivity contribution in [3.05, 3.63) is 65.7 Å². The van der Waals surface area contributed by atoms with Gasteiger partial charge in [0.25, 0.3) is 0 Å². The molecule has 168 valence electrons. The normalized spacial score (nSPS) is 12.1. The zero-order valence-electron chi connectivity index (χ0n) is 18.5. The summed E-state index contributed by atoms with van der Waals surface area (Å²) in [4.78, 5) is 27.5. The quantitative estimate of drug-likeness (QED) is 0.609. The number of carbonyl (C=O) groups excluding carboxylic acids is 2. The summed E-state index contributed by atoms with van der Waals surface area (Å²) in [6.07, 6.45) is 1.49. The number of benzene rings is 2. The van der Waals surface area contributed by atoms with Gasteiger partial charge in [-0.2, -0.15) is 0 Å². The molecule has 0 radical (unpaired) electrons. The van der Waals surface area contributed by atoms with Crippen molar-refractivity contribution in [2.45, 2.75) is 39.8 Å². The smallest absolute Gasteiger partial charge is 0.244 e.